The highest BCUT2D eigenvalue weighted by Crippen LogP contribution is 2.24. The third-order valence-electron chi connectivity index (χ3n) is 5.19. The molecule has 150 valence electrons. The summed E-state index contributed by atoms with van der Waals surface area (Å²) in [7, 11) is 0. The first-order valence-electron chi connectivity index (χ1n) is 10.2. The van der Waals surface area contributed by atoms with Crippen LogP contribution in [0.5, 0.6) is 0 Å². The standard InChI is InChI=1S/C26H25N3O/c1-18-11-13-20(14-12-18)15-16-27-26(30)22-17-25(28-23-9-5-3-7-19(23)2)29-24-10-6-4-8-21(22)24/h3-14,17H,15-16H2,1-2H3,(H,27,30)(H,28,29). The number of fused-ring (bicyclic) bond motifs is 1. The zero-order valence-electron chi connectivity index (χ0n) is 17.3. The van der Waals surface area contributed by atoms with Gasteiger partial charge in [-0.15, -0.1) is 0 Å². The first-order chi connectivity index (χ1) is 14.6. The lowest BCUT2D eigenvalue weighted by atomic mass is 10.1. The first-order valence-corrected chi connectivity index (χ1v) is 10.2. The van der Waals surface area contributed by atoms with E-state index in [2.05, 4.69) is 41.8 Å². The van der Waals surface area contributed by atoms with E-state index in [9.17, 15) is 4.79 Å². The van der Waals surface area contributed by atoms with Gasteiger partial charge in [0.25, 0.3) is 5.91 Å². The molecule has 30 heavy (non-hydrogen) atoms. The quantitative estimate of drug-likeness (QED) is 0.449. The summed E-state index contributed by atoms with van der Waals surface area (Å²) in [6.07, 6.45) is 0.795. The van der Waals surface area contributed by atoms with Crippen molar-refractivity contribution in [2.24, 2.45) is 0 Å². The largest absolute Gasteiger partial charge is 0.352 e. The van der Waals surface area contributed by atoms with E-state index in [1.807, 2.05) is 61.5 Å². The van der Waals surface area contributed by atoms with Crippen molar-refractivity contribution < 1.29 is 4.79 Å². The lowest BCUT2D eigenvalue weighted by Gasteiger charge is -2.13. The third kappa shape index (κ3) is 4.49. The SMILES string of the molecule is Cc1ccc(CCNC(=O)c2cc(Nc3ccccc3C)nc3ccccc23)cc1. The van der Waals surface area contributed by atoms with Crippen molar-refractivity contribution in [1.82, 2.24) is 10.3 Å². The molecule has 0 atom stereocenters. The Kier molecular flexibility index (Phi) is 5.75. The van der Waals surface area contributed by atoms with Crippen LogP contribution in [0.4, 0.5) is 11.5 Å². The van der Waals surface area contributed by atoms with Gasteiger partial charge in [0, 0.05) is 17.6 Å². The smallest absolute Gasteiger partial charge is 0.252 e. The minimum Gasteiger partial charge on any atom is -0.352 e. The summed E-state index contributed by atoms with van der Waals surface area (Å²) in [6.45, 7) is 4.70. The van der Waals surface area contributed by atoms with Gasteiger partial charge in [0.15, 0.2) is 0 Å². The monoisotopic (exact) mass is 395 g/mol. The molecule has 0 bridgehead atoms. The van der Waals surface area contributed by atoms with Crippen molar-refractivity contribution in [2.45, 2.75) is 20.3 Å². The van der Waals surface area contributed by atoms with Gasteiger partial charge in [-0.1, -0.05) is 66.2 Å². The molecule has 0 saturated carbocycles. The fraction of sp³-hybridized carbons (Fsp3) is 0.154. The maximum absolute atomic E-state index is 13.0. The van der Waals surface area contributed by atoms with E-state index in [1.165, 1.54) is 11.1 Å². The molecule has 0 aliphatic heterocycles. The number of pyridine rings is 1. The second-order valence-electron chi connectivity index (χ2n) is 7.50. The topological polar surface area (TPSA) is 54.0 Å². The second-order valence-corrected chi connectivity index (χ2v) is 7.50. The molecular formula is C26H25N3O. The fourth-order valence-corrected chi connectivity index (χ4v) is 3.45. The molecule has 0 radical (unpaired) electrons. The van der Waals surface area contributed by atoms with Gasteiger partial charge >= 0.3 is 0 Å². The molecule has 0 aliphatic rings. The Morgan fingerprint density at radius 2 is 1.63 bits per heavy atom. The van der Waals surface area contributed by atoms with Gasteiger partial charge in [0.2, 0.25) is 0 Å². The third-order valence-corrected chi connectivity index (χ3v) is 5.19. The van der Waals surface area contributed by atoms with Crippen LogP contribution in [0.1, 0.15) is 27.0 Å². The van der Waals surface area contributed by atoms with Gasteiger partial charge < -0.3 is 10.6 Å². The number of carbonyl (C=O) groups is 1. The summed E-state index contributed by atoms with van der Waals surface area (Å²) < 4.78 is 0. The summed E-state index contributed by atoms with van der Waals surface area (Å²) in [5, 5.41) is 7.27. The molecule has 4 aromatic rings. The predicted molar refractivity (Wildman–Crippen MR) is 123 cm³/mol. The second kappa shape index (κ2) is 8.78. The molecule has 2 N–H and O–H groups in total. The van der Waals surface area contributed by atoms with Crippen molar-refractivity contribution in [1.29, 1.82) is 0 Å². The average molecular weight is 396 g/mol. The molecule has 0 aliphatic carbocycles. The van der Waals surface area contributed by atoms with Crippen LogP contribution < -0.4 is 10.6 Å². The maximum atomic E-state index is 13.0. The zero-order valence-corrected chi connectivity index (χ0v) is 17.3. The minimum absolute atomic E-state index is 0.0893. The Hall–Kier alpha value is -3.66. The lowest BCUT2D eigenvalue weighted by Crippen LogP contribution is -2.26. The fourth-order valence-electron chi connectivity index (χ4n) is 3.45. The normalized spacial score (nSPS) is 10.7. The lowest BCUT2D eigenvalue weighted by molar-refractivity contribution is 0.0956. The highest BCUT2D eigenvalue weighted by atomic mass is 16.1. The van der Waals surface area contributed by atoms with Crippen LogP contribution in [-0.2, 0) is 6.42 Å². The predicted octanol–water partition coefficient (Wildman–Crippen LogP) is 5.57. The number of aromatic nitrogens is 1. The van der Waals surface area contributed by atoms with E-state index in [-0.39, 0.29) is 5.91 Å². The number of nitrogens with zero attached hydrogens (tertiary/aromatic N) is 1. The van der Waals surface area contributed by atoms with Crippen LogP contribution in [0.15, 0.2) is 78.9 Å². The van der Waals surface area contributed by atoms with Crippen molar-refractivity contribution in [3.05, 3.63) is 101 Å². The number of aryl methyl sites for hydroxylation is 2. The van der Waals surface area contributed by atoms with Gasteiger partial charge in [0.1, 0.15) is 5.82 Å². The molecule has 4 rings (SSSR count). The van der Waals surface area contributed by atoms with Crippen LogP contribution in [0.25, 0.3) is 10.9 Å². The highest BCUT2D eigenvalue weighted by Gasteiger charge is 2.13. The van der Waals surface area contributed by atoms with Crippen LogP contribution >= 0.6 is 0 Å². The van der Waals surface area contributed by atoms with Crippen molar-refractivity contribution in [2.75, 3.05) is 11.9 Å². The van der Waals surface area contributed by atoms with Gasteiger partial charge in [-0.25, -0.2) is 4.98 Å². The summed E-state index contributed by atoms with van der Waals surface area (Å²) in [5.41, 5.74) is 5.96. The summed E-state index contributed by atoms with van der Waals surface area (Å²) in [5.74, 6) is 0.570. The molecule has 4 nitrogen and oxygen atoms in total. The van der Waals surface area contributed by atoms with E-state index >= 15 is 0 Å². The van der Waals surface area contributed by atoms with Gasteiger partial charge in [-0.2, -0.15) is 0 Å². The summed E-state index contributed by atoms with van der Waals surface area (Å²) in [4.78, 5) is 17.7. The van der Waals surface area contributed by atoms with Crippen molar-refractivity contribution in [3.63, 3.8) is 0 Å². The molecule has 1 aromatic heterocycles. The summed E-state index contributed by atoms with van der Waals surface area (Å²) in [6, 6.07) is 26.0. The number of para-hydroxylation sites is 2. The van der Waals surface area contributed by atoms with E-state index in [4.69, 9.17) is 4.98 Å². The Balaban J connectivity index is 1.56. The maximum Gasteiger partial charge on any atom is 0.252 e. The van der Waals surface area contributed by atoms with Crippen LogP contribution in [-0.4, -0.2) is 17.4 Å². The zero-order chi connectivity index (χ0) is 20.9. The molecular weight excluding hydrogens is 370 g/mol. The van der Waals surface area contributed by atoms with Crippen LogP contribution in [0, 0.1) is 13.8 Å². The van der Waals surface area contributed by atoms with Crippen LogP contribution in [0.2, 0.25) is 0 Å². The molecule has 4 heteroatoms. The molecule has 1 amide bonds. The number of nitrogens with one attached hydrogen (secondary N) is 2. The molecule has 0 fully saturated rings. The summed E-state index contributed by atoms with van der Waals surface area (Å²) >= 11 is 0. The number of carbonyl (C=O) groups excluding carboxylic acids is 1. The van der Waals surface area contributed by atoms with E-state index in [0.29, 0.717) is 17.9 Å². The Morgan fingerprint density at radius 1 is 0.900 bits per heavy atom. The number of rotatable bonds is 6. The number of amides is 1. The number of hydrogen-bond donors (Lipinski definition) is 2. The molecule has 1 heterocycles. The molecule has 0 spiro atoms. The number of benzene rings is 3. The van der Waals surface area contributed by atoms with E-state index < -0.39 is 0 Å². The Labute approximate surface area is 177 Å². The number of anilines is 2. The Bertz CT molecular complexity index is 1180. The molecule has 0 unspecified atom stereocenters. The average Bonchev–Trinajstić information content (AvgIpc) is 2.76. The van der Waals surface area contributed by atoms with Crippen LogP contribution in [0.3, 0.4) is 0 Å². The minimum atomic E-state index is -0.0893. The Morgan fingerprint density at radius 3 is 2.43 bits per heavy atom. The highest BCUT2D eigenvalue weighted by molar-refractivity contribution is 6.07. The van der Waals surface area contributed by atoms with Crippen molar-refractivity contribution >= 4 is 28.3 Å². The van der Waals surface area contributed by atoms with Gasteiger partial charge in [0.05, 0.1) is 11.1 Å². The number of hydrogen-bond acceptors (Lipinski definition) is 3. The molecule has 0 saturated heterocycles. The van der Waals surface area contributed by atoms with Gasteiger partial charge in [-0.3, -0.25) is 4.79 Å². The van der Waals surface area contributed by atoms with Gasteiger partial charge in [-0.05, 0) is 49.6 Å². The van der Waals surface area contributed by atoms with E-state index in [1.54, 1.807) is 0 Å². The first kappa shape index (κ1) is 19.6. The van der Waals surface area contributed by atoms with Crippen molar-refractivity contribution in [3.8, 4) is 0 Å². The van der Waals surface area contributed by atoms with E-state index in [0.717, 1.165) is 28.6 Å². The molecule has 3 aromatic carbocycles.